The maximum atomic E-state index is 12.1. The molecule has 25 heavy (non-hydrogen) atoms. The number of nitrogens with zero attached hydrogens (tertiary/aromatic N) is 1. The first-order chi connectivity index (χ1) is 12.3. The summed E-state index contributed by atoms with van der Waals surface area (Å²) in [4.78, 5) is 17.5. The Labute approximate surface area is 153 Å². The second-order valence-electron chi connectivity index (χ2n) is 5.41. The van der Waals surface area contributed by atoms with Gasteiger partial charge in [-0.05, 0) is 23.6 Å². The van der Waals surface area contributed by atoms with Gasteiger partial charge in [0.1, 0.15) is 5.01 Å². The zero-order valence-electron chi connectivity index (χ0n) is 13.2. The number of carbonyl (C=O) groups excluding carboxylic acids is 1. The van der Waals surface area contributed by atoms with Gasteiger partial charge < -0.3 is 5.32 Å². The van der Waals surface area contributed by atoms with E-state index in [2.05, 4.69) is 22.8 Å². The molecule has 2 heterocycles. The summed E-state index contributed by atoms with van der Waals surface area (Å²) in [6.07, 6.45) is 0. The third kappa shape index (κ3) is 3.52. The van der Waals surface area contributed by atoms with E-state index < -0.39 is 0 Å². The van der Waals surface area contributed by atoms with Gasteiger partial charge in [0.05, 0.1) is 10.6 Å². The largest absolute Gasteiger partial charge is 0.321 e. The van der Waals surface area contributed by atoms with E-state index in [9.17, 15) is 4.79 Å². The molecule has 1 amide bonds. The second-order valence-corrected chi connectivity index (χ2v) is 7.22. The van der Waals surface area contributed by atoms with Gasteiger partial charge in [0.2, 0.25) is 0 Å². The normalized spacial score (nSPS) is 10.6. The zero-order valence-corrected chi connectivity index (χ0v) is 14.8. The number of amides is 1. The van der Waals surface area contributed by atoms with Crippen LogP contribution in [0.4, 0.5) is 5.69 Å². The number of thiazole rings is 1. The molecule has 1 N–H and O–H groups in total. The fourth-order valence-corrected chi connectivity index (χ4v) is 3.90. The molecule has 0 radical (unpaired) electrons. The molecule has 3 nitrogen and oxygen atoms in total. The number of anilines is 1. The van der Waals surface area contributed by atoms with Crippen molar-refractivity contribution in [3.05, 3.63) is 82.4 Å². The van der Waals surface area contributed by atoms with Crippen molar-refractivity contribution >= 4 is 34.3 Å². The highest BCUT2D eigenvalue weighted by molar-refractivity contribution is 7.13. The lowest BCUT2D eigenvalue weighted by Gasteiger charge is -2.04. The SMILES string of the molecule is O=C(Nc1ccc(-c2csc(-c3ccccc3)n2)cc1)c1cccs1. The highest BCUT2D eigenvalue weighted by Crippen LogP contribution is 2.29. The average molecular weight is 362 g/mol. The minimum Gasteiger partial charge on any atom is -0.321 e. The van der Waals surface area contributed by atoms with Crippen LogP contribution in [0.25, 0.3) is 21.8 Å². The van der Waals surface area contributed by atoms with Gasteiger partial charge in [-0.2, -0.15) is 0 Å². The molecule has 2 aromatic heterocycles. The van der Waals surface area contributed by atoms with Gasteiger partial charge >= 0.3 is 0 Å². The highest BCUT2D eigenvalue weighted by Gasteiger charge is 2.09. The van der Waals surface area contributed by atoms with Gasteiger partial charge in [0.15, 0.2) is 0 Å². The summed E-state index contributed by atoms with van der Waals surface area (Å²) in [7, 11) is 0. The Balaban J connectivity index is 1.51. The van der Waals surface area contributed by atoms with Crippen molar-refractivity contribution in [3.63, 3.8) is 0 Å². The van der Waals surface area contributed by atoms with Gasteiger partial charge in [-0.25, -0.2) is 4.98 Å². The van der Waals surface area contributed by atoms with Crippen LogP contribution in [0, 0.1) is 0 Å². The van der Waals surface area contributed by atoms with Gasteiger partial charge in [0.25, 0.3) is 5.91 Å². The molecule has 4 rings (SSSR count). The standard InChI is InChI=1S/C20H14N2OS2/c23-19(18-7-4-12-24-18)21-16-10-8-14(9-11-16)17-13-25-20(22-17)15-5-2-1-3-6-15/h1-13H,(H,21,23). The van der Waals surface area contributed by atoms with E-state index in [0.29, 0.717) is 4.88 Å². The van der Waals surface area contributed by atoms with Crippen LogP contribution in [0.1, 0.15) is 9.67 Å². The smallest absolute Gasteiger partial charge is 0.265 e. The molecule has 0 atom stereocenters. The lowest BCUT2D eigenvalue weighted by atomic mass is 10.1. The first kappa shape index (κ1) is 15.7. The fourth-order valence-electron chi connectivity index (χ4n) is 2.44. The van der Waals surface area contributed by atoms with Crippen molar-refractivity contribution in [1.82, 2.24) is 4.98 Å². The lowest BCUT2D eigenvalue weighted by molar-refractivity contribution is 0.103. The lowest BCUT2D eigenvalue weighted by Crippen LogP contribution is -2.09. The van der Waals surface area contributed by atoms with E-state index in [4.69, 9.17) is 4.98 Å². The minimum atomic E-state index is -0.0808. The third-order valence-corrected chi connectivity index (χ3v) is 5.47. The Hall–Kier alpha value is -2.76. The Kier molecular flexibility index (Phi) is 4.41. The Morgan fingerprint density at radius 1 is 0.840 bits per heavy atom. The van der Waals surface area contributed by atoms with Gasteiger partial charge in [-0.15, -0.1) is 22.7 Å². The first-order valence-electron chi connectivity index (χ1n) is 7.76. The number of aromatic nitrogens is 1. The number of thiophene rings is 1. The number of carbonyl (C=O) groups is 1. The molecule has 2 aromatic carbocycles. The van der Waals surface area contributed by atoms with Gasteiger partial charge in [-0.1, -0.05) is 48.5 Å². The molecule has 0 aliphatic carbocycles. The topological polar surface area (TPSA) is 42.0 Å². The third-order valence-electron chi connectivity index (χ3n) is 3.71. The summed E-state index contributed by atoms with van der Waals surface area (Å²) in [6, 6.07) is 21.6. The molecule has 0 saturated carbocycles. The number of nitrogens with one attached hydrogen (secondary N) is 1. The van der Waals surface area contributed by atoms with Crippen LogP contribution >= 0.6 is 22.7 Å². The van der Waals surface area contributed by atoms with E-state index in [1.807, 2.05) is 60.0 Å². The molecule has 4 aromatic rings. The number of hydrogen-bond acceptors (Lipinski definition) is 4. The van der Waals surface area contributed by atoms with Crippen LogP contribution in [0.3, 0.4) is 0 Å². The second kappa shape index (κ2) is 7.01. The maximum absolute atomic E-state index is 12.1. The van der Waals surface area contributed by atoms with Crippen LogP contribution in [0.5, 0.6) is 0 Å². The summed E-state index contributed by atoms with van der Waals surface area (Å²) in [5.74, 6) is -0.0808. The molecule has 0 unspecified atom stereocenters. The van der Waals surface area contributed by atoms with Crippen molar-refractivity contribution in [3.8, 4) is 21.8 Å². The van der Waals surface area contributed by atoms with E-state index in [0.717, 1.165) is 27.5 Å². The van der Waals surface area contributed by atoms with Crippen LogP contribution in [0.2, 0.25) is 0 Å². The van der Waals surface area contributed by atoms with Gasteiger partial charge in [0, 0.05) is 22.2 Å². The summed E-state index contributed by atoms with van der Waals surface area (Å²) >= 11 is 3.06. The van der Waals surface area contributed by atoms with Crippen LogP contribution in [-0.2, 0) is 0 Å². The molecule has 122 valence electrons. The molecular weight excluding hydrogens is 348 g/mol. The van der Waals surface area contributed by atoms with Crippen molar-refractivity contribution in [1.29, 1.82) is 0 Å². The van der Waals surface area contributed by atoms with Crippen LogP contribution in [0.15, 0.2) is 77.5 Å². The molecule has 5 heteroatoms. The van der Waals surface area contributed by atoms with Crippen molar-refractivity contribution < 1.29 is 4.79 Å². The predicted octanol–water partition coefficient (Wildman–Crippen LogP) is 5.79. The Morgan fingerprint density at radius 3 is 2.36 bits per heavy atom. The first-order valence-corrected chi connectivity index (χ1v) is 9.52. The summed E-state index contributed by atoms with van der Waals surface area (Å²) in [6.45, 7) is 0. The molecular formula is C20H14N2OS2. The van der Waals surface area contributed by atoms with Crippen molar-refractivity contribution in [2.24, 2.45) is 0 Å². The Morgan fingerprint density at radius 2 is 1.64 bits per heavy atom. The predicted molar refractivity (Wildman–Crippen MR) is 105 cm³/mol. The van der Waals surface area contributed by atoms with E-state index in [-0.39, 0.29) is 5.91 Å². The van der Waals surface area contributed by atoms with Crippen molar-refractivity contribution in [2.75, 3.05) is 5.32 Å². The maximum Gasteiger partial charge on any atom is 0.265 e. The van der Waals surface area contributed by atoms with Crippen molar-refractivity contribution in [2.45, 2.75) is 0 Å². The molecule has 0 spiro atoms. The van der Waals surface area contributed by atoms with E-state index in [1.165, 1.54) is 11.3 Å². The number of hydrogen-bond donors (Lipinski definition) is 1. The molecule has 0 fully saturated rings. The van der Waals surface area contributed by atoms with E-state index in [1.54, 1.807) is 11.3 Å². The summed E-state index contributed by atoms with van der Waals surface area (Å²) in [5, 5.41) is 7.86. The van der Waals surface area contributed by atoms with Crippen LogP contribution in [-0.4, -0.2) is 10.9 Å². The van der Waals surface area contributed by atoms with Crippen LogP contribution < -0.4 is 5.32 Å². The van der Waals surface area contributed by atoms with Gasteiger partial charge in [-0.3, -0.25) is 4.79 Å². The molecule has 0 bridgehead atoms. The van der Waals surface area contributed by atoms with E-state index >= 15 is 0 Å². The highest BCUT2D eigenvalue weighted by atomic mass is 32.1. The fraction of sp³-hybridized carbons (Fsp3) is 0. The Bertz CT molecular complexity index is 974. The monoisotopic (exact) mass is 362 g/mol. The summed E-state index contributed by atoms with van der Waals surface area (Å²) in [5.41, 5.74) is 3.88. The summed E-state index contributed by atoms with van der Waals surface area (Å²) < 4.78 is 0. The molecule has 0 aliphatic rings. The quantitative estimate of drug-likeness (QED) is 0.499. The molecule has 0 saturated heterocycles. The zero-order chi connectivity index (χ0) is 17.1. The molecule has 0 aliphatic heterocycles. The minimum absolute atomic E-state index is 0.0808. The number of benzene rings is 2. The number of rotatable bonds is 4. The average Bonchev–Trinajstić information content (AvgIpc) is 3.35.